The molecule has 8 nitrogen and oxygen atoms in total. The lowest BCUT2D eigenvalue weighted by molar-refractivity contribution is -0.148. The SMILES string of the molecule is [B]CC(=O)N(CC(=O)OCCBr)C[C@H](COC(C)(C)C)NC(=O)OCC1c2ccccc2-c2ccccc21. The van der Waals surface area contributed by atoms with Crippen LogP contribution in [0.3, 0.4) is 0 Å². The van der Waals surface area contributed by atoms with Crippen molar-refractivity contribution in [3.8, 4) is 11.1 Å². The van der Waals surface area contributed by atoms with Crippen molar-refractivity contribution >= 4 is 41.7 Å². The molecule has 1 aliphatic carbocycles. The van der Waals surface area contributed by atoms with Crippen molar-refractivity contribution in [1.82, 2.24) is 10.2 Å². The molecule has 0 saturated carbocycles. The summed E-state index contributed by atoms with van der Waals surface area (Å²) in [5.74, 6) is -1.10. The van der Waals surface area contributed by atoms with Crippen LogP contribution in [0.5, 0.6) is 0 Å². The second kappa shape index (κ2) is 13.8. The molecule has 0 fully saturated rings. The van der Waals surface area contributed by atoms with E-state index in [2.05, 4.69) is 33.4 Å². The van der Waals surface area contributed by atoms with Gasteiger partial charge >= 0.3 is 12.1 Å². The Morgan fingerprint density at radius 3 is 2.18 bits per heavy atom. The normalized spacial score (nSPS) is 13.3. The van der Waals surface area contributed by atoms with Crippen molar-refractivity contribution in [3.05, 3.63) is 59.7 Å². The van der Waals surface area contributed by atoms with Crippen LogP contribution >= 0.6 is 15.9 Å². The number of nitrogens with zero attached hydrogens (tertiary/aromatic N) is 1. The van der Waals surface area contributed by atoms with E-state index in [9.17, 15) is 14.4 Å². The zero-order valence-electron chi connectivity index (χ0n) is 22.1. The Hall–Kier alpha value is -2.85. The fourth-order valence-electron chi connectivity index (χ4n) is 4.30. The standard InChI is InChI=1S/C28H34BBrN2O6/c1-28(2,3)38-17-19(15-32(25(33)14-29)16-26(34)36-13-12-30)31-27(35)37-18-24-22-10-6-4-8-20(22)21-9-5-7-11-23(21)24/h4-11,19,24H,12-18H2,1-3H3,(H,31,35)/t19-/m1/s1. The lowest BCUT2D eigenvalue weighted by Crippen LogP contribution is -2.50. The molecule has 0 aliphatic heterocycles. The van der Waals surface area contributed by atoms with E-state index in [0.717, 1.165) is 22.3 Å². The number of carbonyl (C=O) groups is 3. The third-order valence-electron chi connectivity index (χ3n) is 6.01. The summed E-state index contributed by atoms with van der Waals surface area (Å²) in [7, 11) is 5.57. The highest BCUT2D eigenvalue weighted by Gasteiger charge is 2.30. The molecule has 0 spiro atoms. The number of nitrogens with one attached hydrogen (secondary N) is 1. The lowest BCUT2D eigenvalue weighted by atomic mass is 9.98. The van der Waals surface area contributed by atoms with Gasteiger partial charge in [-0.2, -0.15) is 0 Å². The van der Waals surface area contributed by atoms with Gasteiger partial charge in [0.2, 0.25) is 5.91 Å². The molecule has 1 atom stereocenters. The minimum absolute atomic E-state index is 0.000277. The number of alkyl carbamates (subject to hydrolysis) is 1. The molecule has 2 aromatic rings. The Morgan fingerprint density at radius 2 is 1.63 bits per heavy atom. The van der Waals surface area contributed by atoms with Gasteiger partial charge in [-0.1, -0.05) is 64.5 Å². The third kappa shape index (κ3) is 8.33. The summed E-state index contributed by atoms with van der Waals surface area (Å²) >= 11 is 3.19. The maximum Gasteiger partial charge on any atom is 0.407 e. The summed E-state index contributed by atoms with van der Waals surface area (Å²) < 4.78 is 16.6. The maximum atomic E-state index is 12.9. The molecule has 202 valence electrons. The molecule has 1 N–H and O–H groups in total. The van der Waals surface area contributed by atoms with Crippen LogP contribution in [0.2, 0.25) is 6.32 Å². The van der Waals surface area contributed by atoms with E-state index < -0.39 is 29.6 Å². The molecule has 2 radical (unpaired) electrons. The van der Waals surface area contributed by atoms with Crippen molar-refractivity contribution in [2.45, 2.75) is 44.7 Å². The lowest BCUT2D eigenvalue weighted by Gasteiger charge is -2.30. The number of hydrogen-bond acceptors (Lipinski definition) is 6. The number of alkyl halides is 1. The van der Waals surface area contributed by atoms with E-state index in [1.807, 2.05) is 57.2 Å². The fraction of sp³-hybridized carbons (Fsp3) is 0.464. The van der Waals surface area contributed by atoms with Gasteiger partial charge < -0.3 is 24.4 Å². The summed E-state index contributed by atoms with van der Waals surface area (Å²) in [6, 6.07) is 15.5. The average Bonchev–Trinajstić information content (AvgIpc) is 3.21. The van der Waals surface area contributed by atoms with Gasteiger partial charge in [0.25, 0.3) is 0 Å². The van der Waals surface area contributed by atoms with Crippen molar-refractivity contribution < 1.29 is 28.6 Å². The summed E-state index contributed by atoms with van der Waals surface area (Å²) in [5, 5.41) is 3.29. The zero-order valence-corrected chi connectivity index (χ0v) is 23.7. The Morgan fingerprint density at radius 1 is 1.03 bits per heavy atom. The number of hydrogen-bond donors (Lipinski definition) is 1. The molecule has 2 aromatic carbocycles. The van der Waals surface area contributed by atoms with Crippen LogP contribution in [0.15, 0.2) is 48.5 Å². The number of ether oxygens (including phenoxy) is 3. The number of amides is 2. The molecule has 0 bridgehead atoms. The highest BCUT2D eigenvalue weighted by Crippen LogP contribution is 2.44. The molecule has 2 amide bonds. The van der Waals surface area contributed by atoms with E-state index in [1.54, 1.807) is 0 Å². The van der Waals surface area contributed by atoms with E-state index in [0.29, 0.717) is 5.33 Å². The number of halogens is 1. The first-order valence-corrected chi connectivity index (χ1v) is 13.7. The first-order valence-electron chi connectivity index (χ1n) is 12.6. The van der Waals surface area contributed by atoms with Crippen LogP contribution < -0.4 is 5.32 Å². The number of benzene rings is 2. The molecule has 3 rings (SSSR count). The Kier molecular flexibility index (Phi) is 10.8. The predicted molar refractivity (Wildman–Crippen MR) is 150 cm³/mol. The number of carbonyl (C=O) groups excluding carboxylic acids is 3. The minimum Gasteiger partial charge on any atom is -0.463 e. The molecule has 1 aliphatic rings. The van der Waals surface area contributed by atoms with E-state index >= 15 is 0 Å². The van der Waals surface area contributed by atoms with Crippen LogP contribution in [-0.2, 0) is 23.8 Å². The van der Waals surface area contributed by atoms with Crippen LogP contribution in [0.4, 0.5) is 4.79 Å². The average molecular weight is 585 g/mol. The smallest absolute Gasteiger partial charge is 0.407 e. The summed E-state index contributed by atoms with van der Waals surface area (Å²) in [6.07, 6.45) is -0.930. The minimum atomic E-state index is -0.649. The van der Waals surface area contributed by atoms with Gasteiger partial charge in [-0.25, -0.2) is 4.79 Å². The second-order valence-electron chi connectivity index (χ2n) is 9.98. The van der Waals surface area contributed by atoms with E-state index in [-0.39, 0.29) is 45.1 Å². The molecular formula is C28H34BBrN2O6. The molecular weight excluding hydrogens is 551 g/mol. The molecule has 10 heteroatoms. The van der Waals surface area contributed by atoms with Gasteiger partial charge in [-0.05, 0) is 49.3 Å². The van der Waals surface area contributed by atoms with E-state index in [4.69, 9.17) is 22.1 Å². The van der Waals surface area contributed by atoms with Gasteiger partial charge in [-0.3, -0.25) is 9.59 Å². The fourth-order valence-corrected chi connectivity index (χ4v) is 4.46. The molecule has 0 unspecified atom stereocenters. The monoisotopic (exact) mass is 584 g/mol. The highest BCUT2D eigenvalue weighted by molar-refractivity contribution is 9.09. The Bertz CT molecular complexity index is 1080. The first kappa shape index (κ1) is 29.7. The molecule has 0 aromatic heterocycles. The van der Waals surface area contributed by atoms with Gasteiger partial charge in [0.15, 0.2) is 0 Å². The maximum absolute atomic E-state index is 12.9. The largest absolute Gasteiger partial charge is 0.463 e. The Balaban J connectivity index is 1.68. The summed E-state index contributed by atoms with van der Waals surface area (Å²) in [4.78, 5) is 38.8. The van der Waals surface area contributed by atoms with Gasteiger partial charge in [-0.15, -0.1) is 0 Å². The van der Waals surface area contributed by atoms with Crippen LogP contribution in [-0.4, -0.2) is 80.6 Å². The summed E-state index contributed by atoms with van der Waals surface area (Å²) in [5.41, 5.74) is 4.00. The highest BCUT2D eigenvalue weighted by atomic mass is 79.9. The molecule has 0 heterocycles. The third-order valence-corrected chi connectivity index (χ3v) is 6.34. The van der Waals surface area contributed by atoms with Crippen LogP contribution in [0.1, 0.15) is 37.8 Å². The van der Waals surface area contributed by atoms with Gasteiger partial charge in [0.05, 0.1) is 26.1 Å². The quantitative estimate of drug-likeness (QED) is 0.230. The zero-order chi connectivity index (χ0) is 27.7. The summed E-state index contributed by atoms with van der Waals surface area (Å²) in [6.45, 7) is 5.79. The van der Waals surface area contributed by atoms with Crippen molar-refractivity contribution in [2.24, 2.45) is 0 Å². The van der Waals surface area contributed by atoms with Gasteiger partial charge in [0.1, 0.15) is 19.8 Å². The molecule has 0 saturated heterocycles. The van der Waals surface area contributed by atoms with E-state index in [1.165, 1.54) is 4.90 Å². The Labute approximate surface area is 233 Å². The second-order valence-corrected chi connectivity index (χ2v) is 10.8. The van der Waals surface area contributed by atoms with Crippen LogP contribution in [0.25, 0.3) is 11.1 Å². The predicted octanol–water partition coefficient (Wildman–Crippen LogP) is 4.06. The number of fused-ring (bicyclic) bond motifs is 3. The van der Waals surface area contributed by atoms with Crippen molar-refractivity contribution in [1.29, 1.82) is 0 Å². The number of esters is 1. The topological polar surface area (TPSA) is 94.2 Å². The van der Waals surface area contributed by atoms with Gasteiger partial charge in [0, 0.05) is 17.8 Å². The first-order chi connectivity index (χ1) is 18.1. The number of rotatable bonds is 12. The van der Waals surface area contributed by atoms with Crippen molar-refractivity contribution in [2.75, 3.05) is 38.2 Å². The van der Waals surface area contributed by atoms with Crippen LogP contribution in [0, 0.1) is 0 Å². The molecule has 38 heavy (non-hydrogen) atoms. The van der Waals surface area contributed by atoms with Crippen molar-refractivity contribution in [3.63, 3.8) is 0 Å².